The number of carbonyl (C=O) groups is 1. The van der Waals surface area contributed by atoms with Gasteiger partial charge in [-0.3, -0.25) is 4.79 Å². The Morgan fingerprint density at radius 2 is 1.83 bits per heavy atom. The second kappa shape index (κ2) is 10.3. The predicted octanol–water partition coefficient (Wildman–Crippen LogP) is -2.28. The number of carboxylic acid groups (broad SMARTS) is 1. The molecule has 0 fully saturated rings. The zero-order chi connectivity index (χ0) is 9.98. The van der Waals surface area contributed by atoms with Gasteiger partial charge in [-0.15, -0.1) is 0 Å². The van der Waals surface area contributed by atoms with Crippen LogP contribution in [0.2, 0.25) is 0 Å². The lowest BCUT2D eigenvalue weighted by Gasteiger charge is -2.01. The first kappa shape index (κ1) is 13.9. The van der Waals surface area contributed by atoms with Crippen LogP contribution < -0.4 is 11.5 Å². The van der Waals surface area contributed by atoms with Gasteiger partial charge in [0.2, 0.25) is 0 Å². The Bertz CT molecular complexity index is 110. The van der Waals surface area contributed by atoms with E-state index in [9.17, 15) is 4.79 Å². The van der Waals surface area contributed by atoms with Crippen LogP contribution in [-0.2, 0) is 4.79 Å². The summed E-state index contributed by atoms with van der Waals surface area (Å²) in [6, 6.07) is 0. The number of aliphatic carboxylic acids is 1. The summed E-state index contributed by atoms with van der Waals surface area (Å²) in [7, 11) is 0. The number of hydrogen-bond acceptors (Lipinski definition) is 5. The fourth-order valence-corrected chi connectivity index (χ4v) is 0.284. The number of hydrogen-bond donors (Lipinski definition) is 5. The molecule has 0 aromatic carbocycles. The highest BCUT2D eigenvalue weighted by Crippen LogP contribution is 1.83. The van der Waals surface area contributed by atoms with Crippen molar-refractivity contribution in [3.63, 3.8) is 0 Å². The van der Waals surface area contributed by atoms with Crippen molar-refractivity contribution in [3.8, 4) is 0 Å². The van der Waals surface area contributed by atoms with E-state index < -0.39 is 12.1 Å². The molecule has 0 spiro atoms. The third-order valence-corrected chi connectivity index (χ3v) is 0.885. The van der Waals surface area contributed by atoms with Gasteiger partial charge >= 0.3 is 5.97 Å². The van der Waals surface area contributed by atoms with Gasteiger partial charge in [0.05, 0.1) is 19.3 Å². The summed E-state index contributed by atoms with van der Waals surface area (Å²) in [5.74, 6) is -0.968. The molecule has 0 aliphatic heterocycles. The molecule has 0 rings (SSSR count). The number of rotatable bonds is 4. The maximum atomic E-state index is 9.24. The quantitative estimate of drug-likeness (QED) is 0.331. The van der Waals surface area contributed by atoms with E-state index in [0.717, 1.165) is 0 Å². The van der Waals surface area contributed by atoms with Crippen molar-refractivity contribution >= 4 is 5.97 Å². The summed E-state index contributed by atoms with van der Waals surface area (Å²) in [6.07, 6.45) is -0.138. The van der Waals surface area contributed by atoms with Gasteiger partial charge in [0.15, 0.2) is 0 Å². The normalized spacial score (nSPS) is 11.3. The fraction of sp³-hybridized carbons (Fsp3) is 0.833. The molecule has 1 unspecified atom stereocenters. The van der Waals surface area contributed by atoms with Crippen LogP contribution in [0.4, 0.5) is 0 Å². The standard InChI is InChI=1S/C4H11NO2.C2H5NO2/c5-2-1-4(7)3-6;3-1-2(4)5/h4,6-7H,1-3,5H2;1,3H2,(H,4,5). The van der Waals surface area contributed by atoms with Crippen LogP contribution in [-0.4, -0.2) is 47.1 Å². The number of aliphatic hydroxyl groups is 2. The third kappa shape index (κ3) is 16.1. The van der Waals surface area contributed by atoms with Crippen molar-refractivity contribution in [1.29, 1.82) is 0 Å². The molecule has 0 amide bonds. The molecule has 0 aliphatic rings. The summed E-state index contributed by atoms with van der Waals surface area (Å²) in [4.78, 5) is 9.24. The molecule has 7 N–H and O–H groups in total. The smallest absolute Gasteiger partial charge is 0.317 e. The molecule has 0 radical (unpaired) electrons. The Hall–Kier alpha value is -0.690. The molecule has 6 nitrogen and oxygen atoms in total. The van der Waals surface area contributed by atoms with E-state index in [-0.39, 0.29) is 13.2 Å². The van der Waals surface area contributed by atoms with Gasteiger partial charge in [-0.1, -0.05) is 0 Å². The second-order valence-electron chi connectivity index (χ2n) is 2.01. The minimum Gasteiger partial charge on any atom is -0.480 e. The highest BCUT2D eigenvalue weighted by Gasteiger charge is 1.96. The van der Waals surface area contributed by atoms with Gasteiger partial charge in [0, 0.05) is 0 Å². The molecule has 0 saturated carbocycles. The van der Waals surface area contributed by atoms with Crippen molar-refractivity contribution in [2.24, 2.45) is 11.5 Å². The number of carboxylic acids is 1. The minimum atomic E-state index is -0.968. The maximum absolute atomic E-state index is 9.24. The van der Waals surface area contributed by atoms with Gasteiger partial charge in [-0.05, 0) is 13.0 Å². The summed E-state index contributed by atoms with van der Waals surface area (Å²) in [5.41, 5.74) is 9.61. The maximum Gasteiger partial charge on any atom is 0.317 e. The van der Waals surface area contributed by atoms with Gasteiger partial charge in [-0.2, -0.15) is 0 Å². The van der Waals surface area contributed by atoms with Crippen LogP contribution in [0.3, 0.4) is 0 Å². The molecular formula is C6H16N2O4. The highest BCUT2D eigenvalue weighted by atomic mass is 16.4. The van der Waals surface area contributed by atoms with Crippen LogP contribution in [0, 0.1) is 0 Å². The predicted molar refractivity (Wildman–Crippen MR) is 43.5 cm³/mol. The third-order valence-electron chi connectivity index (χ3n) is 0.885. The number of aliphatic hydroxyl groups excluding tert-OH is 2. The molecule has 0 aromatic rings. The first-order valence-corrected chi connectivity index (χ1v) is 3.49. The Balaban J connectivity index is 0. The molecule has 0 aromatic heterocycles. The van der Waals surface area contributed by atoms with Crippen LogP contribution >= 0.6 is 0 Å². The van der Waals surface area contributed by atoms with E-state index in [1.807, 2.05) is 0 Å². The van der Waals surface area contributed by atoms with Crippen LogP contribution in [0.25, 0.3) is 0 Å². The first-order chi connectivity index (χ1) is 5.58. The van der Waals surface area contributed by atoms with E-state index >= 15 is 0 Å². The summed E-state index contributed by atoms with van der Waals surface area (Å²) in [5, 5.41) is 24.3. The van der Waals surface area contributed by atoms with E-state index in [2.05, 4.69) is 5.73 Å². The fourth-order valence-electron chi connectivity index (χ4n) is 0.284. The Labute approximate surface area is 70.8 Å². The Morgan fingerprint density at radius 3 is 1.92 bits per heavy atom. The molecule has 0 heterocycles. The van der Waals surface area contributed by atoms with Crippen molar-refractivity contribution < 1.29 is 20.1 Å². The second-order valence-corrected chi connectivity index (χ2v) is 2.01. The first-order valence-electron chi connectivity index (χ1n) is 3.49. The van der Waals surface area contributed by atoms with E-state index in [4.69, 9.17) is 21.1 Å². The van der Waals surface area contributed by atoms with Crippen molar-refractivity contribution in [3.05, 3.63) is 0 Å². The lowest BCUT2D eigenvalue weighted by molar-refractivity contribution is -0.135. The van der Waals surface area contributed by atoms with Crippen molar-refractivity contribution in [2.45, 2.75) is 12.5 Å². The van der Waals surface area contributed by atoms with Gasteiger partial charge < -0.3 is 26.8 Å². The molecule has 6 heteroatoms. The molecule has 12 heavy (non-hydrogen) atoms. The van der Waals surface area contributed by atoms with E-state index in [0.29, 0.717) is 13.0 Å². The Kier molecular flexibility index (Phi) is 11.9. The van der Waals surface area contributed by atoms with E-state index in [1.54, 1.807) is 0 Å². The highest BCUT2D eigenvalue weighted by molar-refractivity contribution is 5.68. The zero-order valence-corrected chi connectivity index (χ0v) is 6.81. The Morgan fingerprint density at radius 1 is 1.42 bits per heavy atom. The van der Waals surface area contributed by atoms with Gasteiger partial charge in [-0.25, -0.2) is 0 Å². The van der Waals surface area contributed by atoms with Crippen LogP contribution in [0.1, 0.15) is 6.42 Å². The van der Waals surface area contributed by atoms with Crippen molar-refractivity contribution in [2.75, 3.05) is 19.7 Å². The van der Waals surface area contributed by atoms with E-state index in [1.165, 1.54) is 0 Å². The summed E-state index contributed by atoms with van der Waals surface area (Å²) >= 11 is 0. The van der Waals surface area contributed by atoms with Crippen LogP contribution in [0.5, 0.6) is 0 Å². The summed E-state index contributed by atoms with van der Waals surface area (Å²) in [6.45, 7) is -0.0288. The van der Waals surface area contributed by atoms with Gasteiger partial charge in [0.1, 0.15) is 0 Å². The monoisotopic (exact) mass is 180 g/mol. The van der Waals surface area contributed by atoms with Gasteiger partial charge in [0.25, 0.3) is 0 Å². The molecule has 0 aliphatic carbocycles. The minimum absolute atomic E-state index is 0.183. The molecule has 0 saturated heterocycles. The average molecular weight is 180 g/mol. The molecule has 74 valence electrons. The zero-order valence-electron chi connectivity index (χ0n) is 6.81. The number of nitrogens with two attached hydrogens (primary N) is 2. The summed E-state index contributed by atoms with van der Waals surface area (Å²) < 4.78 is 0. The SMILES string of the molecule is NCC(=O)O.NCCC(O)CO. The largest absolute Gasteiger partial charge is 0.480 e. The molecular weight excluding hydrogens is 164 g/mol. The van der Waals surface area contributed by atoms with Crippen LogP contribution in [0.15, 0.2) is 0 Å². The lowest BCUT2D eigenvalue weighted by Crippen LogP contribution is -2.16. The molecule has 0 bridgehead atoms. The van der Waals surface area contributed by atoms with Crippen molar-refractivity contribution in [1.82, 2.24) is 0 Å². The average Bonchev–Trinajstić information content (AvgIpc) is 2.06. The molecule has 1 atom stereocenters. The topological polar surface area (TPSA) is 130 Å². The lowest BCUT2D eigenvalue weighted by atomic mass is 10.3.